The fraction of sp³-hybridized carbons (Fsp3) is 0.500. The van der Waals surface area contributed by atoms with Gasteiger partial charge >= 0.3 is 6.18 Å². The van der Waals surface area contributed by atoms with Crippen LogP contribution in [-0.2, 0) is 10.0 Å². The maximum atomic E-state index is 12.1. The van der Waals surface area contributed by atoms with Gasteiger partial charge in [0.15, 0.2) is 0 Å². The van der Waals surface area contributed by atoms with Gasteiger partial charge in [-0.1, -0.05) is 0 Å². The zero-order chi connectivity index (χ0) is 15.6. The Kier molecular flexibility index (Phi) is 5.04. The molecule has 0 unspecified atom stereocenters. The van der Waals surface area contributed by atoms with E-state index < -0.39 is 29.2 Å². The lowest BCUT2D eigenvalue weighted by molar-refractivity contribution is -0.132. The van der Waals surface area contributed by atoms with E-state index in [0.717, 1.165) is 5.69 Å². The molecule has 0 saturated carbocycles. The first kappa shape index (κ1) is 16.8. The van der Waals surface area contributed by atoms with E-state index in [0.29, 0.717) is 11.1 Å². The molecule has 20 heavy (non-hydrogen) atoms. The van der Waals surface area contributed by atoms with Crippen molar-refractivity contribution in [1.82, 2.24) is 4.72 Å². The third-order valence-electron chi connectivity index (χ3n) is 2.72. The lowest BCUT2D eigenvalue weighted by Crippen LogP contribution is -2.29. The molecule has 0 aromatic heterocycles. The molecule has 0 amide bonds. The number of aryl methyl sites for hydroxylation is 2. The average Bonchev–Trinajstić information content (AvgIpc) is 2.25. The largest absolute Gasteiger partial charge is 0.390 e. The molecule has 0 aliphatic heterocycles. The van der Waals surface area contributed by atoms with Crippen molar-refractivity contribution in [3.8, 4) is 0 Å². The molecule has 0 atom stereocenters. The molecule has 0 radical (unpaired) electrons. The zero-order valence-corrected chi connectivity index (χ0v) is 12.2. The fourth-order valence-corrected chi connectivity index (χ4v) is 3.40. The van der Waals surface area contributed by atoms with E-state index in [4.69, 9.17) is 0 Å². The van der Waals surface area contributed by atoms with Crippen molar-refractivity contribution >= 4 is 15.7 Å². The molecule has 0 heterocycles. The van der Waals surface area contributed by atoms with Crippen LogP contribution >= 0.6 is 0 Å². The van der Waals surface area contributed by atoms with Crippen LogP contribution in [0.4, 0.5) is 18.9 Å². The minimum atomic E-state index is -4.39. The summed E-state index contributed by atoms with van der Waals surface area (Å²) in [5, 5.41) is 2.89. The molecule has 0 spiro atoms. The van der Waals surface area contributed by atoms with Crippen LogP contribution in [0.1, 0.15) is 17.5 Å². The number of hydrogen-bond donors (Lipinski definition) is 2. The summed E-state index contributed by atoms with van der Waals surface area (Å²) >= 11 is 0. The molecule has 0 bridgehead atoms. The van der Waals surface area contributed by atoms with E-state index in [1.54, 1.807) is 33.0 Å². The van der Waals surface area contributed by atoms with Gasteiger partial charge in [-0.2, -0.15) is 13.2 Å². The summed E-state index contributed by atoms with van der Waals surface area (Å²) < 4.78 is 62.2. The Hall–Kier alpha value is -1.28. The summed E-state index contributed by atoms with van der Waals surface area (Å²) in [5.41, 5.74) is 1.71. The minimum Gasteiger partial charge on any atom is -0.388 e. The number of rotatable bonds is 5. The third kappa shape index (κ3) is 4.38. The molecule has 1 aromatic carbocycles. The van der Waals surface area contributed by atoms with Gasteiger partial charge in [0, 0.05) is 19.3 Å². The molecule has 0 aliphatic carbocycles. The van der Waals surface area contributed by atoms with E-state index in [-0.39, 0.29) is 4.90 Å². The Morgan fingerprint density at radius 2 is 1.65 bits per heavy atom. The van der Waals surface area contributed by atoms with E-state index in [1.165, 1.54) is 0 Å². The first-order valence-corrected chi connectivity index (χ1v) is 7.40. The second kappa shape index (κ2) is 6.01. The van der Waals surface area contributed by atoms with Crippen LogP contribution in [0.5, 0.6) is 0 Å². The highest BCUT2D eigenvalue weighted by Gasteiger charge is 2.28. The molecule has 114 valence electrons. The van der Waals surface area contributed by atoms with Crippen LogP contribution in [0, 0.1) is 13.8 Å². The Morgan fingerprint density at radius 1 is 1.15 bits per heavy atom. The molecule has 1 rings (SSSR count). The van der Waals surface area contributed by atoms with Crippen LogP contribution in [0.2, 0.25) is 0 Å². The molecule has 8 heteroatoms. The summed E-state index contributed by atoms with van der Waals surface area (Å²) in [6.45, 7) is 2.54. The number of benzene rings is 1. The quantitative estimate of drug-likeness (QED) is 0.879. The lowest BCUT2D eigenvalue weighted by Gasteiger charge is -2.14. The molecule has 0 fully saturated rings. The van der Waals surface area contributed by atoms with Crippen LogP contribution in [0.3, 0.4) is 0 Å². The summed E-state index contributed by atoms with van der Waals surface area (Å²) in [5.74, 6) is 0. The molecule has 0 saturated heterocycles. The smallest absolute Gasteiger partial charge is 0.388 e. The lowest BCUT2D eigenvalue weighted by atomic mass is 10.1. The van der Waals surface area contributed by atoms with E-state index in [9.17, 15) is 21.6 Å². The normalized spacial score (nSPS) is 12.5. The number of sulfonamides is 1. The highest BCUT2D eigenvalue weighted by molar-refractivity contribution is 7.89. The van der Waals surface area contributed by atoms with Crippen molar-refractivity contribution in [2.75, 3.05) is 18.9 Å². The van der Waals surface area contributed by atoms with Gasteiger partial charge in [-0.15, -0.1) is 0 Å². The summed E-state index contributed by atoms with van der Waals surface area (Å²) in [6, 6.07) is 3.26. The van der Waals surface area contributed by atoms with Crippen LogP contribution in [0.15, 0.2) is 17.0 Å². The maximum Gasteiger partial charge on any atom is 0.390 e. The molecule has 4 nitrogen and oxygen atoms in total. The van der Waals surface area contributed by atoms with Crippen molar-refractivity contribution in [1.29, 1.82) is 0 Å². The highest BCUT2D eigenvalue weighted by atomic mass is 32.2. The van der Waals surface area contributed by atoms with Gasteiger partial charge < -0.3 is 5.32 Å². The SMILES string of the molecule is CNc1cc(C)c(S(=O)(=O)NCCC(F)(F)F)c(C)c1. The monoisotopic (exact) mass is 310 g/mol. The number of nitrogens with one attached hydrogen (secondary N) is 2. The second-order valence-corrected chi connectivity index (χ2v) is 6.16. The van der Waals surface area contributed by atoms with Gasteiger partial charge in [0.1, 0.15) is 0 Å². The Bertz CT molecular complexity index is 560. The van der Waals surface area contributed by atoms with Gasteiger partial charge in [0.2, 0.25) is 10.0 Å². The number of alkyl halides is 3. The predicted molar refractivity (Wildman–Crippen MR) is 71.3 cm³/mol. The Balaban J connectivity index is 2.99. The molecule has 2 N–H and O–H groups in total. The summed E-state index contributed by atoms with van der Waals surface area (Å²) in [4.78, 5) is 0.0266. The number of hydrogen-bond acceptors (Lipinski definition) is 3. The topological polar surface area (TPSA) is 58.2 Å². The standard InChI is InChI=1S/C12H17F3N2O2S/c1-8-6-10(16-3)7-9(2)11(8)20(18,19)17-5-4-12(13,14)15/h6-7,16-17H,4-5H2,1-3H3. The van der Waals surface area contributed by atoms with Crippen molar-refractivity contribution in [2.45, 2.75) is 31.3 Å². The van der Waals surface area contributed by atoms with Crippen LogP contribution in [0.25, 0.3) is 0 Å². The highest BCUT2D eigenvalue weighted by Crippen LogP contribution is 2.24. The average molecular weight is 310 g/mol. The Labute approximate surface area is 116 Å². The van der Waals surface area contributed by atoms with Crippen LogP contribution in [-0.4, -0.2) is 28.2 Å². The van der Waals surface area contributed by atoms with E-state index >= 15 is 0 Å². The molecular weight excluding hydrogens is 293 g/mol. The van der Waals surface area contributed by atoms with Crippen molar-refractivity contribution < 1.29 is 21.6 Å². The third-order valence-corrected chi connectivity index (χ3v) is 4.48. The zero-order valence-electron chi connectivity index (χ0n) is 11.4. The van der Waals surface area contributed by atoms with E-state index in [2.05, 4.69) is 5.32 Å². The number of halogens is 3. The van der Waals surface area contributed by atoms with E-state index in [1.807, 2.05) is 4.72 Å². The van der Waals surface area contributed by atoms with Crippen molar-refractivity contribution in [3.05, 3.63) is 23.3 Å². The molecule has 0 aliphatic rings. The minimum absolute atomic E-state index is 0.0266. The number of anilines is 1. The fourth-order valence-electron chi connectivity index (χ4n) is 1.92. The van der Waals surface area contributed by atoms with Crippen LogP contribution < -0.4 is 10.0 Å². The van der Waals surface area contributed by atoms with Crippen molar-refractivity contribution in [3.63, 3.8) is 0 Å². The first-order valence-electron chi connectivity index (χ1n) is 5.92. The van der Waals surface area contributed by atoms with Gasteiger partial charge in [0.05, 0.1) is 11.3 Å². The van der Waals surface area contributed by atoms with Gasteiger partial charge in [-0.25, -0.2) is 13.1 Å². The summed E-state index contributed by atoms with van der Waals surface area (Å²) in [7, 11) is -2.25. The van der Waals surface area contributed by atoms with Gasteiger partial charge in [-0.05, 0) is 37.1 Å². The molecular formula is C12H17F3N2O2S. The van der Waals surface area contributed by atoms with Crippen molar-refractivity contribution in [2.24, 2.45) is 0 Å². The predicted octanol–water partition coefficient (Wildman–Crippen LogP) is 2.58. The Morgan fingerprint density at radius 3 is 2.05 bits per heavy atom. The second-order valence-electron chi connectivity index (χ2n) is 4.45. The summed E-state index contributed by atoms with van der Waals surface area (Å²) in [6.07, 6.45) is -5.58. The maximum absolute atomic E-state index is 12.1. The first-order chi connectivity index (χ1) is 9.07. The molecule has 1 aromatic rings. The van der Waals surface area contributed by atoms with Gasteiger partial charge in [-0.3, -0.25) is 0 Å². The van der Waals surface area contributed by atoms with Gasteiger partial charge in [0.25, 0.3) is 0 Å².